The van der Waals surface area contributed by atoms with Crippen LogP contribution in [-0.4, -0.2) is 25.9 Å². The Morgan fingerprint density at radius 1 is 1.29 bits per heavy atom. The molecule has 0 spiro atoms. The van der Waals surface area contributed by atoms with Gasteiger partial charge in [-0.1, -0.05) is 11.6 Å². The van der Waals surface area contributed by atoms with E-state index in [0.717, 1.165) is 0 Å². The zero-order valence-corrected chi connectivity index (χ0v) is 13.1. The smallest absolute Gasteiger partial charge is 0.240 e. The lowest BCUT2D eigenvalue weighted by molar-refractivity contribution is -0.116. The van der Waals surface area contributed by atoms with Crippen molar-refractivity contribution in [2.45, 2.75) is 11.3 Å². The number of carbonyl (C=O) groups excluding carboxylic acids is 1. The summed E-state index contributed by atoms with van der Waals surface area (Å²) in [5.41, 5.74) is 0. The Balaban J connectivity index is 1.84. The van der Waals surface area contributed by atoms with Crippen molar-refractivity contribution in [3.05, 3.63) is 40.9 Å². The second-order valence-corrected chi connectivity index (χ2v) is 7.09. The number of anilines is 1. The first kappa shape index (κ1) is 15.9. The predicted octanol–water partition coefficient (Wildman–Crippen LogP) is 2.10. The SMILES string of the molecule is O=C(CCNS(=O)(=O)c1ccc(Cl)cc1)Nc1nccs1. The number of nitrogens with zero attached hydrogens (tertiary/aromatic N) is 1. The summed E-state index contributed by atoms with van der Waals surface area (Å²) < 4.78 is 26.2. The Bertz CT molecular complexity index is 700. The summed E-state index contributed by atoms with van der Waals surface area (Å²) in [7, 11) is -3.64. The quantitative estimate of drug-likeness (QED) is 0.839. The highest BCUT2D eigenvalue weighted by Crippen LogP contribution is 2.14. The molecular weight excluding hydrogens is 334 g/mol. The first-order valence-electron chi connectivity index (χ1n) is 5.92. The van der Waals surface area contributed by atoms with E-state index in [-0.39, 0.29) is 23.8 Å². The lowest BCUT2D eigenvalue weighted by atomic mass is 10.4. The average Bonchev–Trinajstić information content (AvgIpc) is 2.91. The third kappa shape index (κ3) is 4.78. The molecule has 2 rings (SSSR count). The number of sulfonamides is 1. The number of hydrogen-bond acceptors (Lipinski definition) is 5. The molecule has 1 heterocycles. The van der Waals surface area contributed by atoms with Crippen LogP contribution in [0.2, 0.25) is 5.02 Å². The fourth-order valence-electron chi connectivity index (χ4n) is 1.46. The van der Waals surface area contributed by atoms with Gasteiger partial charge in [0.1, 0.15) is 0 Å². The van der Waals surface area contributed by atoms with Gasteiger partial charge in [-0.05, 0) is 24.3 Å². The van der Waals surface area contributed by atoms with E-state index in [2.05, 4.69) is 15.0 Å². The van der Waals surface area contributed by atoms with Crippen LogP contribution in [0.4, 0.5) is 5.13 Å². The highest BCUT2D eigenvalue weighted by atomic mass is 35.5. The highest BCUT2D eigenvalue weighted by Gasteiger charge is 2.14. The molecule has 6 nitrogen and oxygen atoms in total. The van der Waals surface area contributed by atoms with Crippen molar-refractivity contribution in [2.24, 2.45) is 0 Å². The maximum atomic E-state index is 11.9. The van der Waals surface area contributed by atoms with Crippen LogP contribution in [-0.2, 0) is 14.8 Å². The number of aromatic nitrogens is 1. The number of benzene rings is 1. The van der Waals surface area contributed by atoms with Crippen molar-refractivity contribution in [3.8, 4) is 0 Å². The molecule has 2 N–H and O–H groups in total. The van der Waals surface area contributed by atoms with E-state index < -0.39 is 10.0 Å². The average molecular weight is 346 g/mol. The summed E-state index contributed by atoms with van der Waals surface area (Å²) in [4.78, 5) is 15.6. The topological polar surface area (TPSA) is 88.2 Å². The van der Waals surface area contributed by atoms with Gasteiger partial charge in [-0.2, -0.15) is 0 Å². The van der Waals surface area contributed by atoms with E-state index in [4.69, 9.17) is 11.6 Å². The van der Waals surface area contributed by atoms with Crippen molar-refractivity contribution in [2.75, 3.05) is 11.9 Å². The zero-order valence-electron chi connectivity index (χ0n) is 10.7. The highest BCUT2D eigenvalue weighted by molar-refractivity contribution is 7.89. The summed E-state index contributed by atoms with van der Waals surface area (Å²) >= 11 is 7.00. The maximum absolute atomic E-state index is 11.9. The third-order valence-corrected chi connectivity index (χ3v) is 4.86. The van der Waals surface area contributed by atoms with Crippen molar-refractivity contribution in [1.82, 2.24) is 9.71 Å². The second-order valence-electron chi connectivity index (χ2n) is 3.99. The number of rotatable bonds is 6. The van der Waals surface area contributed by atoms with E-state index in [1.807, 2.05) is 0 Å². The molecule has 112 valence electrons. The van der Waals surface area contributed by atoms with Crippen molar-refractivity contribution in [3.63, 3.8) is 0 Å². The van der Waals surface area contributed by atoms with Crippen LogP contribution in [0.5, 0.6) is 0 Å². The molecule has 0 unspecified atom stereocenters. The predicted molar refractivity (Wildman–Crippen MR) is 82.0 cm³/mol. The first-order valence-corrected chi connectivity index (χ1v) is 8.66. The molecule has 0 saturated carbocycles. The van der Waals surface area contributed by atoms with Crippen LogP contribution in [0.15, 0.2) is 40.7 Å². The van der Waals surface area contributed by atoms with E-state index >= 15 is 0 Å². The molecule has 0 atom stereocenters. The van der Waals surface area contributed by atoms with Crippen LogP contribution in [0.25, 0.3) is 0 Å². The minimum Gasteiger partial charge on any atom is -0.302 e. The largest absolute Gasteiger partial charge is 0.302 e. The lowest BCUT2D eigenvalue weighted by Gasteiger charge is -2.06. The lowest BCUT2D eigenvalue weighted by Crippen LogP contribution is -2.27. The fourth-order valence-corrected chi connectivity index (χ4v) is 3.17. The Kier molecular flexibility index (Phi) is 5.29. The van der Waals surface area contributed by atoms with Gasteiger partial charge in [0.05, 0.1) is 4.90 Å². The van der Waals surface area contributed by atoms with Gasteiger partial charge in [0.15, 0.2) is 5.13 Å². The van der Waals surface area contributed by atoms with E-state index in [9.17, 15) is 13.2 Å². The van der Waals surface area contributed by atoms with Crippen molar-refractivity contribution < 1.29 is 13.2 Å². The monoisotopic (exact) mass is 345 g/mol. The number of halogens is 1. The summed E-state index contributed by atoms with van der Waals surface area (Å²) in [6.45, 7) is 0.00215. The van der Waals surface area contributed by atoms with Gasteiger partial charge in [-0.3, -0.25) is 4.79 Å². The maximum Gasteiger partial charge on any atom is 0.240 e. The molecule has 1 aromatic heterocycles. The Labute approximate surface area is 131 Å². The Morgan fingerprint density at radius 3 is 2.62 bits per heavy atom. The molecule has 0 aliphatic carbocycles. The minimum atomic E-state index is -3.64. The fraction of sp³-hybridized carbons (Fsp3) is 0.167. The van der Waals surface area contributed by atoms with Gasteiger partial charge in [0.25, 0.3) is 0 Å². The van der Waals surface area contributed by atoms with Crippen LogP contribution < -0.4 is 10.0 Å². The Morgan fingerprint density at radius 2 is 2.00 bits per heavy atom. The second kappa shape index (κ2) is 6.99. The number of carbonyl (C=O) groups is 1. The number of thiazole rings is 1. The molecule has 21 heavy (non-hydrogen) atoms. The molecule has 1 amide bonds. The molecule has 2 aromatic rings. The van der Waals surface area contributed by atoms with Gasteiger partial charge in [-0.15, -0.1) is 11.3 Å². The van der Waals surface area contributed by atoms with E-state index in [1.165, 1.54) is 35.6 Å². The van der Waals surface area contributed by atoms with Crippen LogP contribution in [0.3, 0.4) is 0 Å². The summed E-state index contributed by atoms with van der Waals surface area (Å²) in [6, 6.07) is 5.79. The molecule has 0 fully saturated rings. The molecule has 0 aliphatic heterocycles. The van der Waals surface area contributed by atoms with E-state index in [1.54, 1.807) is 11.6 Å². The van der Waals surface area contributed by atoms with Gasteiger partial charge < -0.3 is 5.32 Å². The minimum absolute atomic E-state index is 0.00215. The molecule has 1 aromatic carbocycles. The van der Waals surface area contributed by atoms with Gasteiger partial charge in [-0.25, -0.2) is 18.1 Å². The molecule has 9 heteroatoms. The summed E-state index contributed by atoms with van der Waals surface area (Å²) in [6.07, 6.45) is 1.59. The molecule has 0 aliphatic rings. The van der Waals surface area contributed by atoms with Gasteiger partial charge in [0, 0.05) is 29.6 Å². The van der Waals surface area contributed by atoms with E-state index in [0.29, 0.717) is 10.2 Å². The van der Waals surface area contributed by atoms with Crippen LogP contribution >= 0.6 is 22.9 Å². The summed E-state index contributed by atoms with van der Waals surface area (Å²) in [5.74, 6) is -0.302. The molecular formula is C12H12ClN3O3S2. The standard InChI is InChI=1S/C12H12ClN3O3S2/c13-9-1-3-10(4-2-9)21(18,19)15-6-5-11(17)16-12-14-7-8-20-12/h1-4,7-8,15H,5-6H2,(H,14,16,17). The van der Waals surface area contributed by atoms with Gasteiger partial charge in [0.2, 0.25) is 15.9 Å². The van der Waals surface area contributed by atoms with Crippen LogP contribution in [0.1, 0.15) is 6.42 Å². The number of hydrogen-bond donors (Lipinski definition) is 2. The third-order valence-electron chi connectivity index (χ3n) is 2.45. The summed E-state index contributed by atoms with van der Waals surface area (Å²) in [5, 5.41) is 5.25. The van der Waals surface area contributed by atoms with Crippen molar-refractivity contribution in [1.29, 1.82) is 0 Å². The Hall–Kier alpha value is -1.48. The molecule has 0 radical (unpaired) electrons. The van der Waals surface area contributed by atoms with Gasteiger partial charge >= 0.3 is 0 Å². The first-order chi connectivity index (χ1) is 9.97. The number of nitrogens with one attached hydrogen (secondary N) is 2. The van der Waals surface area contributed by atoms with Crippen LogP contribution in [0, 0.1) is 0 Å². The van der Waals surface area contributed by atoms with Crippen molar-refractivity contribution >= 4 is 44.0 Å². The molecule has 0 saturated heterocycles. The normalized spacial score (nSPS) is 11.3. The zero-order chi connectivity index (χ0) is 15.3. The molecule has 0 bridgehead atoms. The number of amides is 1.